The Morgan fingerprint density at radius 3 is 2.57 bits per heavy atom. The summed E-state index contributed by atoms with van der Waals surface area (Å²) in [5, 5.41) is 8.18. The first-order valence-corrected chi connectivity index (χ1v) is 12.0. The Bertz CT molecular complexity index is 950. The van der Waals surface area contributed by atoms with E-state index in [1.54, 1.807) is 6.92 Å². The Hall–Kier alpha value is -1.64. The highest BCUT2D eigenvalue weighted by molar-refractivity contribution is 7.15. The van der Waals surface area contributed by atoms with Gasteiger partial charge in [-0.05, 0) is 70.3 Å². The zero-order valence-electron chi connectivity index (χ0n) is 17.4. The van der Waals surface area contributed by atoms with Crippen molar-refractivity contribution in [2.75, 3.05) is 7.05 Å². The topological polar surface area (TPSA) is 78.7 Å². The first-order chi connectivity index (χ1) is 14.3. The van der Waals surface area contributed by atoms with Crippen molar-refractivity contribution >= 4 is 39.8 Å². The number of hydrogen-bond acceptors (Lipinski definition) is 5. The lowest BCUT2D eigenvalue weighted by Gasteiger charge is -2.56. The molecule has 2 N–H and O–H groups in total. The van der Waals surface area contributed by atoms with Crippen LogP contribution in [0.15, 0.2) is 11.6 Å². The van der Waals surface area contributed by atoms with Crippen LogP contribution in [-0.4, -0.2) is 44.9 Å². The van der Waals surface area contributed by atoms with Crippen LogP contribution in [0.5, 0.6) is 0 Å². The first kappa shape index (κ1) is 20.3. The number of imide groups is 1. The maximum absolute atomic E-state index is 12.7. The number of fused-ring (bicyclic) bond motifs is 1. The number of carbonyl (C=O) groups is 2. The standard InChI is InChI=1S/C21H28ClN5O2S/c1-12(26(2)11-16-17(22)23-20-27(16)3-4-30-20)18(28)24-19(29)25-21-8-13-5-14(9-21)7-15(6-13)10-21/h3-4,12-15H,5-11H2,1-2H3,(H2,24,25,28,29)/t12-,13?,14?,15?,21?/m0/s1. The number of hydrogen-bond donors (Lipinski definition) is 2. The van der Waals surface area contributed by atoms with Gasteiger partial charge in [-0.3, -0.25) is 19.4 Å². The Morgan fingerprint density at radius 2 is 1.93 bits per heavy atom. The molecular formula is C21H28ClN5O2S. The van der Waals surface area contributed by atoms with E-state index in [4.69, 9.17) is 11.6 Å². The lowest BCUT2D eigenvalue weighted by atomic mass is 9.53. The predicted octanol–water partition coefficient (Wildman–Crippen LogP) is 3.66. The van der Waals surface area contributed by atoms with Crippen molar-refractivity contribution in [3.8, 4) is 0 Å². The smallest absolute Gasteiger partial charge is 0.321 e. The van der Waals surface area contributed by atoms with Crippen molar-refractivity contribution in [1.82, 2.24) is 24.9 Å². The minimum Gasteiger partial charge on any atom is -0.332 e. The van der Waals surface area contributed by atoms with E-state index < -0.39 is 6.04 Å². The number of urea groups is 1. The normalized spacial score (nSPS) is 30.7. The molecule has 2 aromatic heterocycles. The molecule has 0 radical (unpaired) electrons. The second kappa shape index (κ2) is 7.50. The van der Waals surface area contributed by atoms with Crippen molar-refractivity contribution in [3.05, 3.63) is 22.4 Å². The van der Waals surface area contributed by atoms with Gasteiger partial charge in [0.05, 0.1) is 11.7 Å². The molecule has 30 heavy (non-hydrogen) atoms. The highest BCUT2D eigenvalue weighted by Crippen LogP contribution is 2.55. The molecule has 0 aromatic carbocycles. The van der Waals surface area contributed by atoms with Crippen LogP contribution in [-0.2, 0) is 11.3 Å². The number of rotatable bonds is 5. The summed E-state index contributed by atoms with van der Waals surface area (Å²) in [7, 11) is 1.85. The van der Waals surface area contributed by atoms with Gasteiger partial charge >= 0.3 is 6.03 Å². The molecule has 1 atom stereocenters. The van der Waals surface area contributed by atoms with Gasteiger partial charge in [0.25, 0.3) is 0 Å². The molecule has 7 nitrogen and oxygen atoms in total. The zero-order chi connectivity index (χ0) is 21.0. The number of halogens is 1. The molecule has 4 fully saturated rings. The number of thiazole rings is 1. The molecule has 0 unspecified atom stereocenters. The monoisotopic (exact) mass is 449 g/mol. The van der Waals surface area contributed by atoms with E-state index in [0.29, 0.717) is 11.7 Å². The molecule has 4 saturated carbocycles. The van der Waals surface area contributed by atoms with Gasteiger partial charge in [-0.2, -0.15) is 0 Å². The van der Waals surface area contributed by atoms with Gasteiger partial charge in [0, 0.05) is 23.7 Å². The van der Waals surface area contributed by atoms with Crippen LogP contribution in [0.1, 0.15) is 51.1 Å². The van der Waals surface area contributed by atoms with E-state index in [0.717, 1.165) is 47.7 Å². The third-order valence-electron chi connectivity index (χ3n) is 7.41. The van der Waals surface area contributed by atoms with Crippen LogP contribution in [0.4, 0.5) is 4.79 Å². The summed E-state index contributed by atoms with van der Waals surface area (Å²) in [5.74, 6) is 1.92. The fourth-order valence-electron chi connectivity index (χ4n) is 6.27. The van der Waals surface area contributed by atoms with Crippen LogP contribution < -0.4 is 10.6 Å². The second-order valence-electron chi connectivity index (χ2n) is 9.64. The van der Waals surface area contributed by atoms with Crippen LogP contribution in [0, 0.1) is 17.8 Å². The minimum absolute atomic E-state index is 0.107. The third kappa shape index (κ3) is 3.63. The summed E-state index contributed by atoms with van der Waals surface area (Å²) in [6, 6.07) is -0.836. The number of nitrogens with zero attached hydrogens (tertiary/aromatic N) is 3. The third-order valence-corrected chi connectivity index (χ3v) is 8.46. The Labute approximate surface area is 185 Å². The van der Waals surface area contributed by atoms with E-state index in [1.807, 2.05) is 27.9 Å². The molecule has 4 aliphatic rings. The summed E-state index contributed by atoms with van der Waals surface area (Å²) in [6.45, 7) is 2.26. The summed E-state index contributed by atoms with van der Waals surface area (Å²) in [4.78, 5) is 32.5. The molecule has 162 valence electrons. The van der Waals surface area contributed by atoms with Crippen LogP contribution in [0.2, 0.25) is 5.15 Å². The quantitative estimate of drug-likeness (QED) is 0.730. The lowest BCUT2D eigenvalue weighted by Crippen LogP contribution is -2.62. The molecule has 0 spiro atoms. The van der Waals surface area contributed by atoms with E-state index in [9.17, 15) is 9.59 Å². The van der Waals surface area contributed by atoms with E-state index in [-0.39, 0.29) is 17.5 Å². The molecule has 3 amide bonds. The van der Waals surface area contributed by atoms with Gasteiger partial charge in [0.1, 0.15) is 0 Å². The molecular weight excluding hydrogens is 422 g/mol. The van der Waals surface area contributed by atoms with Crippen LogP contribution in [0.25, 0.3) is 4.96 Å². The SMILES string of the molecule is C[C@@H](C(=O)NC(=O)NC12CC3CC(CC(C3)C1)C2)N(C)Cc1c(Cl)nc2sccn12. The maximum Gasteiger partial charge on any atom is 0.321 e. The maximum atomic E-state index is 12.7. The van der Waals surface area contributed by atoms with Crippen molar-refractivity contribution in [3.63, 3.8) is 0 Å². The zero-order valence-corrected chi connectivity index (χ0v) is 18.9. The molecule has 2 aromatic rings. The van der Waals surface area contributed by atoms with Gasteiger partial charge in [0.2, 0.25) is 5.91 Å². The average Bonchev–Trinajstić information content (AvgIpc) is 3.21. The van der Waals surface area contributed by atoms with E-state index in [2.05, 4.69) is 15.6 Å². The van der Waals surface area contributed by atoms with Crippen LogP contribution in [0.3, 0.4) is 0 Å². The van der Waals surface area contributed by atoms with Crippen molar-refractivity contribution in [1.29, 1.82) is 0 Å². The van der Waals surface area contributed by atoms with E-state index >= 15 is 0 Å². The molecule has 4 aliphatic carbocycles. The van der Waals surface area contributed by atoms with Crippen molar-refractivity contribution in [2.24, 2.45) is 17.8 Å². The predicted molar refractivity (Wildman–Crippen MR) is 117 cm³/mol. The number of nitrogens with one attached hydrogen (secondary N) is 2. The molecule has 0 saturated heterocycles. The summed E-state index contributed by atoms with van der Waals surface area (Å²) < 4.78 is 1.94. The van der Waals surface area contributed by atoms with Gasteiger partial charge in [-0.1, -0.05) is 11.6 Å². The summed E-state index contributed by atoms with van der Waals surface area (Å²) >= 11 is 7.79. The number of amides is 3. The molecule has 2 heterocycles. The van der Waals surface area contributed by atoms with E-state index in [1.165, 1.54) is 30.6 Å². The molecule has 4 bridgehead atoms. The number of aromatic nitrogens is 2. The van der Waals surface area contributed by atoms with Crippen molar-refractivity contribution < 1.29 is 9.59 Å². The largest absolute Gasteiger partial charge is 0.332 e. The molecule has 6 rings (SSSR count). The average molecular weight is 450 g/mol. The Morgan fingerprint density at radius 1 is 1.30 bits per heavy atom. The van der Waals surface area contributed by atoms with Crippen molar-refractivity contribution in [2.45, 2.75) is 63.6 Å². The number of likely N-dealkylation sites (N-methyl/N-ethyl adjacent to an activating group) is 1. The number of imidazole rings is 1. The van der Waals surface area contributed by atoms with Crippen LogP contribution >= 0.6 is 22.9 Å². The van der Waals surface area contributed by atoms with Gasteiger partial charge in [0.15, 0.2) is 10.1 Å². The molecule has 9 heteroatoms. The minimum atomic E-state index is -0.479. The fraction of sp³-hybridized carbons (Fsp3) is 0.667. The Kier molecular flexibility index (Phi) is 5.07. The second-order valence-corrected chi connectivity index (χ2v) is 10.9. The van der Waals surface area contributed by atoms with Gasteiger partial charge < -0.3 is 5.32 Å². The summed E-state index contributed by atoms with van der Waals surface area (Å²) in [6.07, 6.45) is 9.06. The first-order valence-electron chi connectivity index (χ1n) is 10.7. The highest BCUT2D eigenvalue weighted by atomic mass is 35.5. The summed E-state index contributed by atoms with van der Waals surface area (Å²) in [5.41, 5.74) is 0.734. The van der Waals surface area contributed by atoms with Gasteiger partial charge in [-0.15, -0.1) is 11.3 Å². The fourth-order valence-corrected chi connectivity index (χ4v) is 7.29. The Balaban J connectivity index is 1.19. The van der Waals surface area contributed by atoms with Gasteiger partial charge in [-0.25, -0.2) is 9.78 Å². The highest BCUT2D eigenvalue weighted by Gasteiger charge is 2.51. The molecule has 0 aliphatic heterocycles. The number of carbonyl (C=O) groups excluding carboxylic acids is 2. The lowest BCUT2D eigenvalue weighted by molar-refractivity contribution is -0.124.